The number of carboxylic acids is 1. The lowest BCUT2D eigenvalue weighted by Crippen LogP contribution is -2.10. The number of allylic oxidation sites excluding steroid dienone is 5. The van der Waals surface area contributed by atoms with E-state index in [4.69, 9.17) is 5.11 Å². The van der Waals surface area contributed by atoms with Crippen molar-refractivity contribution >= 4 is 11.8 Å². The fourth-order valence-corrected chi connectivity index (χ4v) is 2.55. The van der Waals surface area contributed by atoms with E-state index in [0.717, 1.165) is 0 Å². The molecule has 0 fully saturated rings. The number of Topliss-reactive ketones (excluding diaryl/α,β-unsaturated/α-hetero) is 1. The van der Waals surface area contributed by atoms with Crippen molar-refractivity contribution in [1.29, 1.82) is 0 Å². The molecule has 2 rings (SSSR count). The van der Waals surface area contributed by atoms with E-state index in [0.29, 0.717) is 29.9 Å². The summed E-state index contributed by atoms with van der Waals surface area (Å²) < 4.78 is 1.81. The summed E-state index contributed by atoms with van der Waals surface area (Å²) in [5.41, 5.74) is 1.79. The second kappa shape index (κ2) is 5.74. The molecule has 4 heteroatoms. The van der Waals surface area contributed by atoms with Crippen LogP contribution in [0.1, 0.15) is 35.4 Å². The third-order valence-electron chi connectivity index (χ3n) is 3.45. The zero-order valence-corrected chi connectivity index (χ0v) is 11.4. The van der Waals surface area contributed by atoms with Crippen molar-refractivity contribution in [1.82, 2.24) is 4.57 Å². The van der Waals surface area contributed by atoms with Gasteiger partial charge in [0.25, 0.3) is 0 Å². The third-order valence-corrected chi connectivity index (χ3v) is 3.45. The molecule has 1 atom stereocenters. The first kappa shape index (κ1) is 14.1. The third kappa shape index (κ3) is 2.37. The van der Waals surface area contributed by atoms with Gasteiger partial charge in [0.05, 0.1) is 11.6 Å². The Hall–Kier alpha value is -2.36. The lowest BCUT2D eigenvalue weighted by molar-refractivity contribution is -0.138. The minimum absolute atomic E-state index is 0.111. The summed E-state index contributed by atoms with van der Waals surface area (Å²) in [5, 5.41) is 9.15. The van der Waals surface area contributed by atoms with Crippen LogP contribution in [0.15, 0.2) is 48.6 Å². The molecule has 1 aliphatic rings. The molecule has 0 spiro atoms. The molecule has 0 saturated carbocycles. The minimum Gasteiger partial charge on any atom is -0.481 e. The molecule has 0 amide bonds. The largest absolute Gasteiger partial charge is 0.481 e. The minimum atomic E-state index is -0.837. The monoisotopic (exact) mass is 271 g/mol. The fourth-order valence-electron chi connectivity index (χ4n) is 2.55. The van der Waals surface area contributed by atoms with Crippen molar-refractivity contribution < 1.29 is 14.7 Å². The van der Waals surface area contributed by atoms with E-state index in [9.17, 15) is 9.59 Å². The molecular formula is C16H17NO3. The van der Waals surface area contributed by atoms with Gasteiger partial charge in [0.1, 0.15) is 0 Å². The predicted octanol–water partition coefficient (Wildman–Crippen LogP) is 2.93. The van der Waals surface area contributed by atoms with E-state index < -0.39 is 11.9 Å². The number of carbonyl (C=O) groups is 2. The number of aromatic nitrogens is 1. The van der Waals surface area contributed by atoms with Crippen molar-refractivity contribution in [2.75, 3.05) is 0 Å². The van der Waals surface area contributed by atoms with Crippen molar-refractivity contribution in [3.05, 3.63) is 60.0 Å². The predicted molar refractivity (Wildman–Crippen MR) is 76.9 cm³/mol. The number of hydrogen-bond donors (Lipinski definition) is 1. The van der Waals surface area contributed by atoms with Gasteiger partial charge in [-0.05, 0) is 25.5 Å². The summed E-state index contributed by atoms with van der Waals surface area (Å²) in [4.78, 5) is 23.6. The van der Waals surface area contributed by atoms with Crippen LogP contribution in [0.3, 0.4) is 0 Å². The first-order valence-corrected chi connectivity index (χ1v) is 6.52. The molecule has 104 valence electrons. The van der Waals surface area contributed by atoms with Gasteiger partial charge in [0, 0.05) is 17.8 Å². The van der Waals surface area contributed by atoms with Crippen LogP contribution < -0.4 is 0 Å². The Morgan fingerprint density at radius 2 is 2.20 bits per heavy atom. The van der Waals surface area contributed by atoms with Gasteiger partial charge < -0.3 is 9.67 Å². The van der Waals surface area contributed by atoms with Gasteiger partial charge in [0.2, 0.25) is 5.78 Å². The lowest BCUT2D eigenvalue weighted by Gasteiger charge is -2.06. The smallest absolute Gasteiger partial charge is 0.312 e. The average molecular weight is 271 g/mol. The standard InChI is InChI=1S/C16H17NO3/c1-3-5-11(6-4-2)15(18)14-8-7-13-12(16(19)20)9-10-17(13)14/h3-8,12H,1,9-10H2,2H3,(H,19,20)/b6-4-,11-5+. The highest BCUT2D eigenvalue weighted by atomic mass is 16.4. The summed E-state index contributed by atoms with van der Waals surface area (Å²) in [7, 11) is 0. The highest BCUT2D eigenvalue weighted by Crippen LogP contribution is 2.31. The summed E-state index contributed by atoms with van der Waals surface area (Å²) in [5.74, 6) is -1.46. The van der Waals surface area contributed by atoms with Crippen LogP contribution in [-0.2, 0) is 11.3 Å². The molecule has 4 nitrogen and oxygen atoms in total. The van der Waals surface area contributed by atoms with Gasteiger partial charge in [-0.3, -0.25) is 9.59 Å². The quantitative estimate of drug-likeness (QED) is 0.509. The van der Waals surface area contributed by atoms with E-state index in [1.54, 1.807) is 36.4 Å². The topological polar surface area (TPSA) is 59.3 Å². The Labute approximate surface area is 117 Å². The van der Waals surface area contributed by atoms with E-state index in [1.165, 1.54) is 0 Å². The SMILES string of the molecule is C=C/C=C(\C=C/C)C(=O)c1ccc2n1CCC2C(=O)O. The van der Waals surface area contributed by atoms with Crippen LogP contribution >= 0.6 is 0 Å². The van der Waals surface area contributed by atoms with E-state index in [1.807, 2.05) is 11.5 Å². The number of ketones is 1. The number of aliphatic carboxylic acids is 1. The van der Waals surface area contributed by atoms with Crippen LogP contribution in [0.5, 0.6) is 0 Å². The molecular weight excluding hydrogens is 254 g/mol. The lowest BCUT2D eigenvalue weighted by atomic mass is 10.1. The van der Waals surface area contributed by atoms with Crippen LogP contribution in [0.4, 0.5) is 0 Å². The molecule has 0 bridgehead atoms. The number of rotatable bonds is 5. The average Bonchev–Trinajstić information content (AvgIpc) is 2.98. The van der Waals surface area contributed by atoms with Gasteiger partial charge in [0.15, 0.2) is 0 Å². The fraction of sp³-hybridized carbons (Fsp3) is 0.250. The van der Waals surface area contributed by atoms with E-state index >= 15 is 0 Å². The van der Waals surface area contributed by atoms with Crippen LogP contribution in [0.25, 0.3) is 0 Å². The molecule has 1 aliphatic heterocycles. The van der Waals surface area contributed by atoms with Gasteiger partial charge in [-0.25, -0.2) is 0 Å². The van der Waals surface area contributed by atoms with Crippen molar-refractivity contribution in [2.45, 2.75) is 25.8 Å². The highest BCUT2D eigenvalue weighted by molar-refractivity contribution is 6.10. The molecule has 0 radical (unpaired) electrons. The highest BCUT2D eigenvalue weighted by Gasteiger charge is 2.31. The van der Waals surface area contributed by atoms with Crippen LogP contribution in [-0.4, -0.2) is 21.4 Å². The van der Waals surface area contributed by atoms with Crippen LogP contribution in [0.2, 0.25) is 0 Å². The summed E-state index contributed by atoms with van der Waals surface area (Å²) in [6.45, 7) is 6.01. The molecule has 0 aliphatic carbocycles. The van der Waals surface area contributed by atoms with Crippen molar-refractivity contribution in [2.24, 2.45) is 0 Å². The maximum Gasteiger partial charge on any atom is 0.312 e. The first-order chi connectivity index (χ1) is 9.60. The van der Waals surface area contributed by atoms with Gasteiger partial charge in [-0.2, -0.15) is 0 Å². The van der Waals surface area contributed by atoms with Gasteiger partial charge >= 0.3 is 5.97 Å². The summed E-state index contributed by atoms with van der Waals surface area (Å²) in [6.07, 6.45) is 7.29. The first-order valence-electron chi connectivity index (χ1n) is 6.52. The van der Waals surface area contributed by atoms with Crippen molar-refractivity contribution in [3.63, 3.8) is 0 Å². The second-order valence-electron chi connectivity index (χ2n) is 4.66. The normalized spacial score (nSPS) is 18.2. The second-order valence-corrected chi connectivity index (χ2v) is 4.66. The van der Waals surface area contributed by atoms with Crippen molar-refractivity contribution in [3.8, 4) is 0 Å². The maximum absolute atomic E-state index is 12.5. The van der Waals surface area contributed by atoms with Crippen LogP contribution in [0, 0.1) is 0 Å². The molecule has 20 heavy (non-hydrogen) atoms. The Bertz CT molecular complexity index is 620. The summed E-state index contributed by atoms with van der Waals surface area (Å²) >= 11 is 0. The number of carbonyl (C=O) groups excluding carboxylic acids is 1. The zero-order chi connectivity index (χ0) is 14.7. The molecule has 0 saturated heterocycles. The van der Waals surface area contributed by atoms with E-state index in [2.05, 4.69) is 6.58 Å². The number of nitrogens with zero attached hydrogens (tertiary/aromatic N) is 1. The Balaban J connectivity index is 2.39. The zero-order valence-electron chi connectivity index (χ0n) is 11.4. The van der Waals surface area contributed by atoms with Gasteiger partial charge in [-0.15, -0.1) is 0 Å². The number of fused-ring (bicyclic) bond motifs is 1. The number of hydrogen-bond acceptors (Lipinski definition) is 2. The number of carboxylic acid groups (broad SMARTS) is 1. The van der Waals surface area contributed by atoms with E-state index in [-0.39, 0.29) is 5.78 Å². The maximum atomic E-state index is 12.5. The van der Waals surface area contributed by atoms with Gasteiger partial charge in [-0.1, -0.05) is 30.9 Å². The molecule has 1 unspecified atom stereocenters. The Morgan fingerprint density at radius 1 is 1.45 bits per heavy atom. The molecule has 2 heterocycles. The Morgan fingerprint density at radius 3 is 2.80 bits per heavy atom. The molecule has 0 aromatic carbocycles. The Kier molecular flexibility index (Phi) is 4.03. The summed E-state index contributed by atoms with van der Waals surface area (Å²) in [6, 6.07) is 3.44. The molecule has 1 N–H and O–H groups in total. The molecule has 1 aromatic rings. The molecule has 1 aromatic heterocycles.